The molecule has 1 atom stereocenters. The van der Waals surface area contributed by atoms with Crippen molar-refractivity contribution in [1.29, 1.82) is 0 Å². The van der Waals surface area contributed by atoms with Crippen molar-refractivity contribution in [3.8, 4) is 0 Å². The molecule has 1 aromatic heterocycles. The summed E-state index contributed by atoms with van der Waals surface area (Å²) in [6.45, 7) is 2.43. The number of hydrogen-bond donors (Lipinski definition) is 2. The quantitative estimate of drug-likeness (QED) is 0.830. The van der Waals surface area contributed by atoms with Crippen molar-refractivity contribution in [2.75, 3.05) is 31.1 Å². The van der Waals surface area contributed by atoms with Gasteiger partial charge in [0.25, 0.3) is 5.91 Å². The van der Waals surface area contributed by atoms with Gasteiger partial charge in [-0.3, -0.25) is 4.79 Å². The second kappa shape index (κ2) is 5.99. The average molecular weight is 290 g/mol. The van der Waals surface area contributed by atoms with Crippen LogP contribution in [-0.4, -0.2) is 43.2 Å². The van der Waals surface area contributed by atoms with Gasteiger partial charge in [-0.2, -0.15) is 0 Å². The van der Waals surface area contributed by atoms with Crippen molar-refractivity contribution in [3.63, 3.8) is 0 Å². The minimum atomic E-state index is -0.415. The number of hydrogen-bond acceptors (Lipinski definition) is 5. The SMILES string of the molecule is NCC1CN(c2nc3c(cc2C(N)=O)CCCC3)CCO1. The second-order valence-electron chi connectivity index (χ2n) is 5.71. The summed E-state index contributed by atoms with van der Waals surface area (Å²) >= 11 is 0. The van der Waals surface area contributed by atoms with E-state index < -0.39 is 5.91 Å². The molecule has 1 aromatic rings. The molecule has 21 heavy (non-hydrogen) atoms. The number of carbonyl (C=O) groups excluding carboxylic acids is 1. The lowest BCUT2D eigenvalue weighted by Gasteiger charge is -2.34. The van der Waals surface area contributed by atoms with Crippen LogP contribution in [0.2, 0.25) is 0 Å². The maximum atomic E-state index is 11.8. The first-order chi connectivity index (χ1) is 10.2. The number of pyridine rings is 1. The highest BCUT2D eigenvalue weighted by Gasteiger charge is 2.26. The smallest absolute Gasteiger partial charge is 0.252 e. The van der Waals surface area contributed by atoms with E-state index in [1.807, 2.05) is 6.07 Å². The number of ether oxygens (including phenoxy) is 1. The summed E-state index contributed by atoms with van der Waals surface area (Å²) < 4.78 is 5.58. The van der Waals surface area contributed by atoms with Gasteiger partial charge in [-0.05, 0) is 37.3 Å². The standard InChI is InChI=1S/C15H22N4O2/c16-8-11-9-19(5-6-21-11)15-12(14(17)20)7-10-3-1-2-4-13(10)18-15/h7,11H,1-6,8-9,16H2,(H2,17,20). The van der Waals surface area contributed by atoms with Crippen LogP contribution < -0.4 is 16.4 Å². The fraction of sp³-hybridized carbons (Fsp3) is 0.600. The first kappa shape index (κ1) is 14.3. The number of primary amides is 1. The van der Waals surface area contributed by atoms with Crippen LogP contribution in [0, 0.1) is 0 Å². The topological polar surface area (TPSA) is 94.5 Å². The summed E-state index contributed by atoms with van der Waals surface area (Å²) in [4.78, 5) is 18.6. The Balaban J connectivity index is 1.97. The summed E-state index contributed by atoms with van der Waals surface area (Å²) in [6, 6.07) is 1.94. The Morgan fingerprint density at radius 1 is 1.43 bits per heavy atom. The third-order valence-corrected chi connectivity index (χ3v) is 4.25. The molecule has 6 nitrogen and oxygen atoms in total. The van der Waals surface area contributed by atoms with E-state index in [2.05, 4.69) is 4.90 Å². The second-order valence-corrected chi connectivity index (χ2v) is 5.71. The fourth-order valence-electron chi connectivity index (χ4n) is 3.10. The van der Waals surface area contributed by atoms with Gasteiger partial charge in [-0.15, -0.1) is 0 Å². The van der Waals surface area contributed by atoms with Crippen molar-refractivity contribution in [1.82, 2.24) is 4.98 Å². The van der Waals surface area contributed by atoms with Crippen LogP contribution in [0.3, 0.4) is 0 Å². The Morgan fingerprint density at radius 3 is 3.00 bits per heavy atom. The van der Waals surface area contributed by atoms with Gasteiger partial charge in [-0.25, -0.2) is 4.98 Å². The summed E-state index contributed by atoms with van der Waals surface area (Å²) in [6.07, 6.45) is 4.25. The number of aryl methyl sites for hydroxylation is 2. The van der Waals surface area contributed by atoms with Crippen molar-refractivity contribution < 1.29 is 9.53 Å². The minimum Gasteiger partial charge on any atom is -0.373 e. The van der Waals surface area contributed by atoms with Crippen LogP contribution in [-0.2, 0) is 17.6 Å². The summed E-state index contributed by atoms with van der Waals surface area (Å²) in [5.41, 5.74) is 14.0. The number of nitrogens with two attached hydrogens (primary N) is 2. The molecule has 0 aromatic carbocycles. The summed E-state index contributed by atoms with van der Waals surface area (Å²) in [5, 5.41) is 0. The third kappa shape index (κ3) is 2.87. The molecule has 0 saturated carbocycles. The monoisotopic (exact) mass is 290 g/mol. The predicted octanol–water partition coefficient (Wildman–Crippen LogP) is 0.223. The zero-order chi connectivity index (χ0) is 14.8. The first-order valence-corrected chi connectivity index (χ1v) is 7.58. The molecule has 114 valence electrons. The molecule has 4 N–H and O–H groups in total. The number of morpholine rings is 1. The molecule has 2 aliphatic rings. The number of fused-ring (bicyclic) bond motifs is 1. The lowest BCUT2D eigenvalue weighted by atomic mass is 9.94. The maximum absolute atomic E-state index is 11.8. The van der Waals surface area contributed by atoms with E-state index >= 15 is 0 Å². The number of nitrogens with zero attached hydrogens (tertiary/aromatic N) is 2. The number of aromatic nitrogens is 1. The molecular formula is C15H22N4O2. The van der Waals surface area contributed by atoms with E-state index in [1.54, 1.807) is 0 Å². The van der Waals surface area contributed by atoms with E-state index in [-0.39, 0.29) is 6.10 Å². The molecule has 1 aliphatic heterocycles. The Morgan fingerprint density at radius 2 is 2.24 bits per heavy atom. The van der Waals surface area contributed by atoms with Gasteiger partial charge in [0.2, 0.25) is 0 Å². The normalized spacial score (nSPS) is 22.0. The lowest BCUT2D eigenvalue weighted by Crippen LogP contribution is -2.46. The van der Waals surface area contributed by atoms with E-state index in [0.29, 0.717) is 37.6 Å². The molecule has 1 aliphatic carbocycles. The van der Waals surface area contributed by atoms with Gasteiger partial charge in [0.05, 0.1) is 18.3 Å². The van der Waals surface area contributed by atoms with Gasteiger partial charge in [-0.1, -0.05) is 0 Å². The predicted molar refractivity (Wildman–Crippen MR) is 80.4 cm³/mol. The van der Waals surface area contributed by atoms with Gasteiger partial charge in [0.1, 0.15) is 5.82 Å². The van der Waals surface area contributed by atoms with Gasteiger partial charge in [0, 0.05) is 25.3 Å². The third-order valence-electron chi connectivity index (χ3n) is 4.25. The van der Waals surface area contributed by atoms with Crippen LogP contribution in [0.1, 0.15) is 34.5 Å². The molecule has 3 rings (SSSR count). The van der Waals surface area contributed by atoms with Crippen LogP contribution in [0.25, 0.3) is 0 Å². The molecule has 0 radical (unpaired) electrons. The molecule has 1 unspecified atom stereocenters. The Kier molecular flexibility index (Phi) is 4.07. The summed E-state index contributed by atoms with van der Waals surface area (Å²) in [5.74, 6) is 0.284. The number of rotatable bonds is 3. The molecular weight excluding hydrogens is 268 g/mol. The Bertz CT molecular complexity index is 547. The largest absolute Gasteiger partial charge is 0.373 e. The zero-order valence-corrected chi connectivity index (χ0v) is 12.2. The molecule has 1 saturated heterocycles. The van der Waals surface area contributed by atoms with Crippen LogP contribution >= 0.6 is 0 Å². The van der Waals surface area contributed by atoms with E-state index in [9.17, 15) is 4.79 Å². The molecule has 0 spiro atoms. The van der Waals surface area contributed by atoms with Crippen molar-refractivity contribution in [2.45, 2.75) is 31.8 Å². The van der Waals surface area contributed by atoms with E-state index in [1.165, 1.54) is 5.56 Å². The van der Waals surface area contributed by atoms with Gasteiger partial charge < -0.3 is 21.1 Å². The highest BCUT2D eigenvalue weighted by Crippen LogP contribution is 2.27. The fourth-order valence-corrected chi connectivity index (χ4v) is 3.10. The average Bonchev–Trinajstić information content (AvgIpc) is 2.53. The number of anilines is 1. The first-order valence-electron chi connectivity index (χ1n) is 7.58. The number of carbonyl (C=O) groups is 1. The van der Waals surface area contributed by atoms with Crippen LogP contribution in [0.4, 0.5) is 5.82 Å². The Hall–Kier alpha value is -1.66. The lowest BCUT2D eigenvalue weighted by molar-refractivity contribution is 0.0462. The van der Waals surface area contributed by atoms with Crippen molar-refractivity contribution in [2.24, 2.45) is 11.5 Å². The number of amides is 1. The highest BCUT2D eigenvalue weighted by molar-refractivity contribution is 5.98. The maximum Gasteiger partial charge on any atom is 0.252 e. The zero-order valence-electron chi connectivity index (χ0n) is 12.2. The molecule has 1 fully saturated rings. The Labute approximate surface area is 124 Å². The van der Waals surface area contributed by atoms with Gasteiger partial charge >= 0.3 is 0 Å². The molecule has 1 amide bonds. The molecule has 0 bridgehead atoms. The van der Waals surface area contributed by atoms with Crippen LogP contribution in [0.15, 0.2) is 6.07 Å². The van der Waals surface area contributed by atoms with E-state index in [0.717, 1.165) is 31.4 Å². The van der Waals surface area contributed by atoms with Crippen molar-refractivity contribution >= 4 is 11.7 Å². The van der Waals surface area contributed by atoms with Crippen LogP contribution in [0.5, 0.6) is 0 Å². The summed E-state index contributed by atoms with van der Waals surface area (Å²) in [7, 11) is 0. The minimum absolute atomic E-state index is 0.0164. The highest BCUT2D eigenvalue weighted by atomic mass is 16.5. The van der Waals surface area contributed by atoms with E-state index in [4.69, 9.17) is 21.2 Å². The molecule has 2 heterocycles. The van der Waals surface area contributed by atoms with Gasteiger partial charge in [0.15, 0.2) is 0 Å². The van der Waals surface area contributed by atoms with Crippen molar-refractivity contribution in [3.05, 3.63) is 22.9 Å². The molecule has 6 heteroatoms.